The predicted octanol–water partition coefficient (Wildman–Crippen LogP) is 3.97. The lowest BCUT2D eigenvalue weighted by molar-refractivity contribution is 0.500. The van der Waals surface area contributed by atoms with E-state index in [9.17, 15) is 0 Å². The number of aryl methyl sites for hydroxylation is 2. The van der Waals surface area contributed by atoms with Gasteiger partial charge in [0.2, 0.25) is 0 Å². The molecule has 0 amide bonds. The van der Waals surface area contributed by atoms with E-state index in [4.69, 9.17) is 11.6 Å². The van der Waals surface area contributed by atoms with Gasteiger partial charge in [0, 0.05) is 18.6 Å². The largest absolute Gasteiger partial charge is 0.360 e. The Hall–Kier alpha value is -1.59. The molecule has 4 aromatic heterocycles. The van der Waals surface area contributed by atoms with Crippen molar-refractivity contribution in [2.75, 3.05) is 13.7 Å². The zero-order valence-corrected chi connectivity index (χ0v) is 19.2. The predicted molar refractivity (Wildman–Crippen MR) is 118 cm³/mol. The van der Waals surface area contributed by atoms with E-state index in [1.807, 2.05) is 24.3 Å². The Morgan fingerprint density at radius 1 is 1.14 bits per heavy atom. The number of rotatable bonds is 2. The standard InChI is InChI=1S/C10H8N4S3.C7H7ClN2S/c1-5-3-15-8-7(5)11-4-12-9(8)17-10-14-13-6(2)16-10;1-10-2-6-7(9-4-10)5(8)3-11-6/h3-4H,1-2H3;2-3H,4H2,1H3. The number of nitrogens with zero attached hydrogens (tertiary/aromatic N) is 6. The molecule has 1 aliphatic heterocycles. The average Bonchev–Trinajstić information content (AvgIpc) is 3.36. The first-order valence-corrected chi connectivity index (χ1v) is 11.9. The lowest BCUT2D eigenvalue weighted by Crippen LogP contribution is -2.30. The van der Waals surface area contributed by atoms with Crippen molar-refractivity contribution in [1.82, 2.24) is 25.1 Å². The zero-order valence-electron chi connectivity index (χ0n) is 15.2. The molecule has 0 fully saturated rings. The van der Waals surface area contributed by atoms with E-state index in [1.165, 1.54) is 5.56 Å². The summed E-state index contributed by atoms with van der Waals surface area (Å²) in [6.45, 7) is 4.73. The maximum atomic E-state index is 5.88. The summed E-state index contributed by atoms with van der Waals surface area (Å²) in [5.41, 5.74) is 2.23. The molecule has 0 unspecified atom stereocenters. The van der Waals surface area contributed by atoms with Crippen LogP contribution in [-0.4, -0.2) is 38.8 Å². The van der Waals surface area contributed by atoms with Crippen LogP contribution in [0.4, 0.5) is 0 Å². The highest BCUT2D eigenvalue weighted by Gasteiger charge is 2.11. The van der Waals surface area contributed by atoms with Crippen LogP contribution in [0.5, 0.6) is 0 Å². The van der Waals surface area contributed by atoms with Crippen molar-refractivity contribution in [3.63, 3.8) is 0 Å². The third-order valence-corrected chi connectivity index (χ3v) is 8.17. The van der Waals surface area contributed by atoms with E-state index in [0.717, 1.165) is 39.5 Å². The van der Waals surface area contributed by atoms with Crippen molar-refractivity contribution in [3.05, 3.63) is 42.6 Å². The van der Waals surface area contributed by atoms with Crippen LogP contribution in [0.15, 0.2) is 31.4 Å². The Bertz CT molecular complexity index is 1240. The highest BCUT2D eigenvalue weighted by atomic mass is 35.5. The molecule has 144 valence electrons. The average molecular weight is 467 g/mol. The fourth-order valence-corrected chi connectivity index (χ4v) is 6.53. The molecule has 28 heavy (non-hydrogen) atoms. The van der Waals surface area contributed by atoms with E-state index >= 15 is 0 Å². The summed E-state index contributed by atoms with van der Waals surface area (Å²) in [5.74, 6) is 0. The van der Waals surface area contributed by atoms with Gasteiger partial charge in [0.05, 0.1) is 25.1 Å². The van der Waals surface area contributed by atoms with Gasteiger partial charge in [-0.05, 0) is 36.6 Å². The molecule has 4 aromatic rings. The van der Waals surface area contributed by atoms with E-state index in [2.05, 4.69) is 43.7 Å². The van der Waals surface area contributed by atoms with Crippen LogP contribution in [0.2, 0.25) is 5.02 Å². The van der Waals surface area contributed by atoms with Gasteiger partial charge >= 0.3 is 0 Å². The van der Waals surface area contributed by atoms with Crippen LogP contribution >= 0.6 is 57.4 Å². The van der Waals surface area contributed by atoms with E-state index in [0.29, 0.717) is 6.67 Å². The van der Waals surface area contributed by atoms with Crippen LogP contribution in [0.25, 0.3) is 16.4 Å². The van der Waals surface area contributed by atoms with Crippen molar-refractivity contribution >= 4 is 73.8 Å². The van der Waals surface area contributed by atoms with Crippen LogP contribution in [-0.2, 0) is 0 Å². The molecule has 11 heteroatoms. The number of fused-ring (bicyclic) bond motifs is 2. The van der Waals surface area contributed by atoms with E-state index < -0.39 is 0 Å². The van der Waals surface area contributed by atoms with Gasteiger partial charge in [0.1, 0.15) is 23.0 Å². The second-order valence-electron chi connectivity index (χ2n) is 5.95. The first kappa shape index (κ1) is 19.7. The van der Waals surface area contributed by atoms with Crippen molar-refractivity contribution in [1.29, 1.82) is 0 Å². The molecule has 1 aliphatic rings. The third-order valence-electron chi connectivity index (χ3n) is 3.73. The first-order chi connectivity index (χ1) is 13.5. The van der Waals surface area contributed by atoms with Crippen molar-refractivity contribution < 1.29 is 0 Å². The van der Waals surface area contributed by atoms with E-state index in [-0.39, 0.29) is 0 Å². The van der Waals surface area contributed by atoms with Crippen molar-refractivity contribution in [2.24, 2.45) is 4.99 Å². The first-order valence-electron chi connectivity index (χ1n) is 8.17. The molecule has 5 heterocycles. The Morgan fingerprint density at radius 3 is 2.79 bits per heavy atom. The number of hydrogen-bond donors (Lipinski definition) is 0. The fraction of sp³-hybridized carbons (Fsp3) is 0.235. The smallest absolute Gasteiger partial charge is 0.180 e. The minimum absolute atomic E-state index is 0.712. The molecular formula is C17H15ClN6S4. The summed E-state index contributed by atoms with van der Waals surface area (Å²) in [4.78, 5) is 15.0. The van der Waals surface area contributed by atoms with Gasteiger partial charge in [-0.1, -0.05) is 22.9 Å². The van der Waals surface area contributed by atoms with Crippen LogP contribution in [0, 0.1) is 13.8 Å². The summed E-state index contributed by atoms with van der Waals surface area (Å²) in [7, 11) is 2.00. The molecule has 6 nitrogen and oxygen atoms in total. The molecule has 5 rings (SSSR count). The van der Waals surface area contributed by atoms with Crippen molar-refractivity contribution in [2.45, 2.75) is 23.2 Å². The molecule has 0 aliphatic carbocycles. The van der Waals surface area contributed by atoms with Crippen molar-refractivity contribution in [3.8, 4) is 0 Å². The Balaban J connectivity index is 0.000000151. The lowest BCUT2D eigenvalue weighted by atomic mass is 10.3. The molecule has 0 atom stereocenters. The Morgan fingerprint density at radius 2 is 2.00 bits per heavy atom. The van der Waals surface area contributed by atoms with Gasteiger partial charge < -0.3 is 4.90 Å². The topological polar surface area (TPSA) is 67.2 Å². The van der Waals surface area contributed by atoms with Gasteiger partial charge in [-0.25, -0.2) is 9.97 Å². The number of aromatic nitrogens is 4. The SMILES string of the molecule is CN1C=c2scc(Cl)c2=NC1.Cc1nnc(Sc2ncnc3c(C)csc23)s1. The summed E-state index contributed by atoms with van der Waals surface area (Å²) >= 11 is 12.3. The molecule has 0 spiro atoms. The fourth-order valence-electron chi connectivity index (χ4n) is 2.44. The normalized spacial score (nSPS) is 12.8. The van der Waals surface area contributed by atoms with Gasteiger partial charge in [-0.2, -0.15) is 0 Å². The molecule has 0 saturated heterocycles. The monoisotopic (exact) mass is 466 g/mol. The van der Waals surface area contributed by atoms with Gasteiger partial charge in [-0.15, -0.1) is 32.9 Å². The van der Waals surface area contributed by atoms with Gasteiger partial charge in [-0.3, -0.25) is 4.99 Å². The minimum Gasteiger partial charge on any atom is -0.360 e. The number of thiophene rings is 2. The van der Waals surface area contributed by atoms with E-state index in [1.54, 1.807) is 52.1 Å². The quantitative estimate of drug-likeness (QED) is 0.416. The summed E-state index contributed by atoms with van der Waals surface area (Å²) in [5, 5.41) is 15.8. The molecule has 0 bridgehead atoms. The minimum atomic E-state index is 0.712. The highest BCUT2D eigenvalue weighted by Crippen LogP contribution is 2.36. The second kappa shape index (κ2) is 8.42. The summed E-state index contributed by atoms with van der Waals surface area (Å²) in [6, 6.07) is 0. The zero-order chi connectivity index (χ0) is 19.7. The third kappa shape index (κ3) is 4.20. The van der Waals surface area contributed by atoms with Crippen LogP contribution in [0.1, 0.15) is 10.6 Å². The molecular weight excluding hydrogens is 452 g/mol. The highest BCUT2D eigenvalue weighted by molar-refractivity contribution is 8.01. The Kier molecular flexibility index (Phi) is 5.93. The van der Waals surface area contributed by atoms with Gasteiger partial charge in [0.15, 0.2) is 4.34 Å². The maximum absolute atomic E-state index is 5.88. The molecule has 0 radical (unpaired) electrons. The summed E-state index contributed by atoms with van der Waals surface area (Å²) in [6.07, 6.45) is 3.68. The molecule has 0 aromatic carbocycles. The maximum Gasteiger partial charge on any atom is 0.180 e. The molecule has 0 N–H and O–H groups in total. The summed E-state index contributed by atoms with van der Waals surface area (Å²) < 4.78 is 3.21. The van der Waals surface area contributed by atoms with Crippen LogP contribution in [0.3, 0.4) is 0 Å². The number of halogens is 1. The van der Waals surface area contributed by atoms with Gasteiger partial charge in [0.25, 0.3) is 0 Å². The Labute approximate surface area is 182 Å². The van der Waals surface area contributed by atoms with Crippen LogP contribution < -0.4 is 9.89 Å². The molecule has 0 saturated carbocycles. The number of hydrogen-bond acceptors (Lipinski definition) is 10. The second-order valence-corrected chi connectivity index (χ2v) is 10.6. The lowest BCUT2D eigenvalue weighted by Gasteiger charge is -2.11.